The molecule has 3 fully saturated rings. The van der Waals surface area contributed by atoms with E-state index in [9.17, 15) is 24.6 Å². The molecule has 2 aliphatic heterocycles. The zero-order chi connectivity index (χ0) is 28.6. The molecule has 41 heavy (non-hydrogen) atoms. The van der Waals surface area contributed by atoms with Gasteiger partial charge in [-0.25, -0.2) is 0 Å². The highest BCUT2D eigenvalue weighted by atomic mass is 16.4. The lowest BCUT2D eigenvalue weighted by Crippen LogP contribution is -2.58. The fraction of sp³-hybridized carbons (Fsp3) is 0.324. The van der Waals surface area contributed by atoms with E-state index in [1.807, 2.05) is 66.7 Å². The van der Waals surface area contributed by atoms with Gasteiger partial charge in [-0.15, -0.1) is 0 Å². The molecule has 2 heterocycles. The van der Waals surface area contributed by atoms with Gasteiger partial charge in [0.25, 0.3) is 0 Å². The molecular formula is C34H34N2O5. The van der Waals surface area contributed by atoms with Crippen molar-refractivity contribution in [3.05, 3.63) is 101 Å². The number of carbonyl (C=O) groups excluding carboxylic acids is 2. The molecule has 3 aromatic carbocycles. The number of likely N-dealkylation sites (tertiary alicyclic amines) is 1. The number of nitrogens with zero attached hydrogens (tertiary/aromatic N) is 1. The van der Waals surface area contributed by atoms with Crippen molar-refractivity contribution in [1.82, 2.24) is 10.2 Å². The van der Waals surface area contributed by atoms with E-state index in [0.29, 0.717) is 5.56 Å². The average molecular weight is 551 g/mol. The molecule has 2 saturated heterocycles. The highest BCUT2D eigenvalue weighted by Crippen LogP contribution is 2.51. The number of hydrogen-bond donors (Lipinski definition) is 3. The summed E-state index contributed by atoms with van der Waals surface area (Å²) >= 11 is 0. The van der Waals surface area contributed by atoms with Crippen molar-refractivity contribution in [3.63, 3.8) is 0 Å². The zero-order valence-electron chi connectivity index (χ0n) is 22.8. The Hall–Kier alpha value is -4.23. The number of aromatic hydroxyl groups is 1. The lowest BCUT2D eigenvalue weighted by atomic mass is 9.76. The second kappa shape index (κ2) is 11.0. The maximum absolute atomic E-state index is 14.1. The van der Waals surface area contributed by atoms with E-state index in [2.05, 4.69) is 5.32 Å². The van der Waals surface area contributed by atoms with Crippen LogP contribution in [0.25, 0.3) is 12.2 Å². The van der Waals surface area contributed by atoms with Crippen molar-refractivity contribution in [3.8, 4) is 5.75 Å². The lowest BCUT2D eigenvalue weighted by molar-refractivity contribution is -0.152. The highest BCUT2D eigenvalue weighted by molar-refractivity contribution is 6.09. The summed E-state index contributed by atoms with van der Waals surface area (Å²) in [4.78, 5) is 42.6. The van der Waals surface area contributed by atoms with Gasteiger partial charge in [-0.3, -0.25) is 24.6 Å². The summed E-state index contributed by atoms with van der Waals surface area (Å²) in [6.45, 7) is 0. The van der Waals surface area contributed by atoms with E-state index in [0.717, 1.165) is 48.8 Å². The van der Waals surface area contributed by atoms with Gasteiger partial charge >= 0.3 is 5.97 Å². The number of imide groups is 1. The summed E-state index contributed by atoms with van der Waals surface area (Å²) in [6.07, 6.45) is 8.54. The van der Waals surface area contributed by atoms with E-state index in [1.165, 1.54) is 17.0 Å². The number of benzene rings is 3. The lowest BCUT2D eigenvalue weighted by Gasteiger charge is -2.34. The van der Waals surface area contributed by atoms with Crippen LogP contribution in [0.2, 0.25) is 0 Å². The molecule has 0 aromatic heterocycles. The summed E-state index contributed by atoms with van der Waals surface area (Å²) in [5.74, 6) is -3.59. The first kappa shape index (κ1) is 27.0. The Labute approximate surface area is 239 Å². The first-order valence-electron chi connectivity index (χ1n) is 14.4. The Kier molecular flexibility index (Phi) is 7.22. The summed E-state index contributed by atoms with van der Waals surface area (Å²) in [5.41, 5.74) is 1.81. The van der Waals surface area contributed by atoms with E-state index >= 15 is 0 Å². The molecule has 2 amide bonds. The summed E-state index contributed by atoms with van der Waals surface area (Å²) < 4.78 is 0. The monoisotopic (exact) mass is 550 g/mol. The van der Waals surface area contributed by atoms with Crippen LogP contribution in [0.1, 0.15) is 60.4 Å². The Balaban J connectivity index is 1.37. The molecule has 1 saturated carbocycles. The molecule has 3 aromatic rings. The van der Waals surface area contributed by atoms with Gasteiger partial charge in [0.05, 0.1) is 11.8 Å². The molecule has 0 spiro atoms. The topological polar surface area (TPSA) is 107 Å². The smallest absolute Gasteiger partial charge is 0.325 e. The second-order valence-corrected chi connectivity index (χ2v) is 11.5. The van der Waals surface area contributed by atoms with Crippen molar-refractivity contribution in [2.45, 2.75) is 56.1 Å². The molecular weight excluding hydrogens is 516 g/mol. The van der Waals surface area contributed by atoms with Gasteiger partial charge in [0, 0.05) is 18.5 Å². The Morgan fingerprint density at radius 1 is 0.854 bits per heavy atom. The van der Waals surface area contributed by atoms with Crippen LogP contribution in [0.3, 0.4) is 0 Å². The molecule has 6 rings (SSSR count). The quantitative estimate of drug-likeness (QED) is 0.276. The number of amides is 2. The molecule has 7 nitrogen and oxygen atoms in total. The van der Waals surface area contributed by atoms with Crippen LogP contribution < -0.4 is 5.32 Å². The molecule has 3 N–H and O–H groups in total. The largest absolute Gasteiger partial charge is 0.508 e. The average Bonchev–Trinajstić information content (AvgIpc) is 3.48. The fourth-order valence-corrected chi connectivity index (χ4v) is 6.95. The molecule has 4 unspecified atom stereocenters. The third kappa shape index (κ3) is 4.95. The van der Waals surface area contributed by atoms with E-state index < -0.39 is 29.4 Å². The number of carboxylic acid groups (broad SMARTS) is 1. The maximum Gasteiger partial charge on any atom is 0.325 e. The van der Waals surface area contributed by atoms with Gasteiger partial charge in [-0.05, 0) is 47.2 Å². The summed E-state index contributed by atoms with van der Waals surface area (Å²) in [7, 11) is 0. The Bertz CT molecular complexity index is 1460. The third-order valence-electron chi connectivity index (χ3n) is 8.99. The van der Waals surface area contributed by atoms with Gasteiger partial charge < -0.3 is 10.2 Å². The van der Waals surface area contributed by atoms with Gasteiger partial charge in [0.2, 0.25) is 11.8 Å². The standard InChI is InChI=1S/C34H34N2O5/c37-27-19-15-24(16-20-27)21-34(33(40)41)29-28(31(38)36(32(29)39)26-9-5-2-6-10-26)30(35-34)25-17-13-23(14-18-25)12-11-22-7-3-1-4-8-22/h1,3-4,7-8,11-20,26,28-30,35,37H,2,5-6,9-10,21H2,(H,40,41). The van der Waals surface area contributed by atoms with Crippen molar-refractivity contribution in [2.24, 2.45) is 11.8 Å². The van der Waals surface area contributed by atoms with Crippen LogP contribution in [0.15, 0.2) is 78.9 Å². The predicted octanol–water partition coefficient (Wildman–Crippen LogP) is 5.21. The normalized spacial score (nSPS) is 26.5. The second-order valence-electron chi connectivity index (χ2n) is 11.5. The minimum atomic E-state index is -1.67. The molecule has 210 valence electrons. The van der Waals surface area contributed by atoms with Crippen molar-refractivity contribution in [1.29, 1.82) is 0 Å². The number of aliphatic carboxylic acids is 1. The van der Waals surface area contributed by atoms with Crippen LogP contribution in [0.5, 0.6) is 5.75 Å². The van der Waals surface area contributed by atoms with Crippen LogP contribution in [0, 0.1) is 11.8 Å². The molecule has 4 atom stereocenters. The predicted molar refractivity (Wildman–Crippen MR) is 156 cm³/mol. The van der Waals surface area contributed by atoms with Crippen molar-refractivity contribution < 1.29 is 24.6 Å². The minimum absolute atomic E-state index is 0.00963. The Morgan fingerprint density at radius 3 is 2.12 bits per heavy atom. The first-order chi connectivity index (χ1) is 19.9. The molecule has 1 aliphatic carbocycles. The number of phenolic OH excluding ortho intramolecular Hbond substituents is 1. The fourth-order valence-electron chi connectivity index (χ4n) is 6.95. The number of hydrogen-bond acceptors (Lipinski definition) is 5. The van der Waals surface area contributed by atoms with Crippen LogP contribution in [0.4, 0.5) is 0 Å². The number of carbonyl (C=O) groups is 3. The highest BCUT2D eigenvalue weighted by Gasteiger charge is 2.69. The van der Waals surface area contributed by atoms with Crippen LogP contribution >= 0.6 is 0 Å². The summed E-state index contributed by atoms with van der Waals surface area (Å²) in [6, 6.07) is 23.2. The SMILES string of the molecule is O=C1C2C(c3ccc(C=Cc4ccccc4)cc3)NC(Cc3ccc(O)cc3)(C(=O)O)C2C(=O)N1C1CCCCC1. The molecule has 0 radical (unpaired) electrons. The van der Waals surface area contributed by atoms with Gasteiger partial charge in [0.1, 0.15) is 11.3 Å². The molecule has 3 aliphatic rings. The van der Waals surface area contributed by atoms with Crippen molar-refractivity contribution >= 4 is 29.9 Å². The zero-order valence-corrected chi connectivity index (χ0v) is 22.8. The van der Waals surface area contributed by atoms with Gasteiger partial charge in [-0.2, -0.15) is 0 Å². The molecule has 0 bridgehead atoms. The third-order valence-corrected chi connectivity index (χ3v) is 8.99. The number of phenols is 1. The van der Waals surface area contributed by atoms with E-state index in [-0.39, 0.29) is 30.0 Å². The Morgan fingerprint density at radius 2 is 1.49 bits per heavy atom. The number of nitrogens with one attached hydrogen (secondary N) is 1. The van der Waals surface area contributed by atoms with E-state index in [4.69, 9.17) is 0 Å². The summed E-state index contributed by atoms with van der Waals surface area (Å²) in [5, 5.41) is 23.8. The molecule has 7 heteroatoms. The number of fused-ring (bicyclic) bond motifs is 1. The van der Waals surface area contributed by atoms with Crippen LogP contribution in [-0.2, 0) is 20.8 Å². The van der Waals surface area contributed by atoms with Crippen LogP contribution in [-0.4, -0.2) is 44.5 Å². The van der Waals surface area contributed by atoms with Gasteiger partial charge in [-0.1, -0.05) is 98.1 Å². The van der Waals surface area contributed by atoms with E-state index in [1.54, 1.807) is 12.1 Å². The van der Waals surface area contributed by atoms with Crippen molar-refractivity contribution in [2.75, 3.05) is 0 Å². The van der Waals surface area contributed by atoms with Gasteiger partial charge in [0.15, 0.2) is 0 Å². The number of carboxylic acids is 1. The first-order valence-corrected chi connectivity index (χ1v) is 14.4. The maximum atomic E-state index is 14.1. The minimum Gasteiger partial charge on any atom is -0.508 e. The number of rotatable bonds is 7.